The van der Waals surface area contributed by atoms with Crippen molar-refractivity contribution < 1.29 is 28.8 Å². The lowest BCUT2D eigenvalue weighted by Crippen LogP contribution is -2.48. The van der Waals surface area contributed by atoms with Gasteiger partial charge in [0.25, 0.3) is 11.8 Å². The minimum Gasteiger partial charge on any atom is -0.444 e. The van der Waals surface area contributed by atoms with Crippen molar-refractivity contribution in [2.24, 2.45) is 0 Å². The number of nitrogens with zero attached hydrogens (tertiary/aromatic N) is 1. The fourth-order valence-electron chi connectivity index (χ4n) is 1.76. The minimum absolute atomic E-state index is 0.00696. The maximum Gasteiger partial charge on any atom is 0.408 e. The van der Waals surface area contributed by atoms with Crippen LogP contribution in [0.25, 0.3) is 0 Å². The van der Waals surface area contributed by atoms with E-state index < -0.39 is 35.5 Å². The molecule has 1 rings (SSSR count). The summed E-state index contributed by atoms with van der Waals surface area (Å²) in [7, 11) is 0. The van der Waals surface area contributed by atoms with Crippen molar-refractivity contribution in [3.05, 3.63) is 0 Å². The number of hydroxylamine groups is 2. The summed E-state index contributed by atoms with van der Waals surface area (Å²) >= 11 is 1.43. The van der Waals surface area contributed by atoms with Gasteiger partial charge in [-0.15, -0.1) is 5.06 Å². The summed E-state index contributed by atoms with van der Waals surface area (Å²) in [6, 6.07) is -1.06. The van der Waals surface area contributed by atoms with Crippen molar-refractivity contribution >= 4 is 35.6 Å². The lowest BCUT2D eigenvalue weighted by molar-refractivity contribution is -0.198. The van der Waals surface area contributed by atoms with E-state index in [1.807, 2.05) is 20.8 Å². The molecule has 1 unspecified atom stereocenters. The maximum atomic E-state index is 12.4. The molecular weight excluding hydrogens is 348 g/mol. The van der Waals surface area contributed by atoms with Crippen molar-refractivity contribution in [2.75, 3.05) is 5.75 Å². The van der Waals surface area contributed by atoms with Gasteiger partial charge in [0, 0.05) is 23.3 Å². The van der Waals surface area contributed by atoms with Crippen LogP contribution in [0.2, 0.25) is 0 Å². The maximum absolute atomic E-state index is 12.4. The zero-order chi connectivity index (χ0) is 19.4. The normalized spacial score (nSPS) is 16.6. The number of alkyl carbamates (subject to hydrolysis) is 1. The van der Waals surface area contributed by atoms with E-state index >= 15 is 0 Å². The molecule has 1 fully saturated rings. The van der Waals surface area contributed by atoms with E-state index in [1.165, 1.54) is 11.8 Å². The van der Waals surface area contributed by atoms with Gasteiger partial charge in [0.2, 0.25) is 0 Å². The molecule has 8 nitrogen and oxygen atoms in total. The zero-order valence-corrected chi connectivity index (χ0v) is 16.3. The summed E-state index contributed by atoms with van der Waals surface area (Å²) < 4.78 is 4.99. The Kier molecular flexibility index (Phi) is 6.87. The molecular formula is C16H26N2O6S. The van der Waals surface area contributed by atoms with E-state index in [0.29, 0.717) is 5.06 Å². The highest BCUT2D eigenvalue weighted by atomic mass is 32.2. The topological polar surface area (TPSA) is 102 Å². The van der Waals surface area contributed by atoms with Crippen LogP contribution < -0.4 is 5.32 Å². The van der Waals surface area contributed by atoms with Crippen LogP contribution in [0.5, 0.6) is 0 Å². The molecule has 1 N–H and O–H groups in total. The van der Waals surface area contributed by atoms with Crippen molar-refractivity contribution in [1.29, 1.82) is 0 Å². The van der Waals surface area contributed by atoms with Gasteiger partial charge in [0.1, 0.15) is 11.6 Å². The highest BCUT2D eigenvalue weighted by molar-refractivity contribution is 8.00. The number of carbonyl (C=O) groups excluding carboxylic acids is 4. The summed E-state index contributed by atoms with van der Waals surface area (Å²) in [5, 5.41) is 2.91. The van der Waals surface area contributed by atoms with Gasteiger partial charge in [-0.3, -0.25) is 9.59 Å². The third-order valence-corrected chi connectivity index (χ3v) is 4.21. The molecule has 0 aromatic heterocycles. The van der Waals surface area contributed by atoms with Gasteiger partial charge in [-0.25, -0.2) is 9.59 Å². The molecule has 25 heavy (non-hydrogen) atoms. The predicted molar refractivity (Wildman–Crippen MR) is 92.5 cm³/mol. The molecule has 142 valence electrons. The van der Waals surface area contributed by atoms with Crippen molar-refractivity contribution in [2.45, 2.75) is 70.8 Å². The van der Waals surface area contributed by atoms with Gasteiger partial charge >= 0.3 is 12.1 Å². The van der Waals surface area contributed by atoms with Crippen LogP contribution in [-0.2, 0) is 24.0 Å². The Balaban J connectivity index is 2.78. The summed E-state index contributed by atoms with van der Waals surface area (Å²) in [6.07, 6.45) is -0.761. The second-order valence-electron chi connectivity index (χ2n) is 7.61. The van der Waals surface area contributed by atoms with E-state index in [1.54, 1.807) is 20.8 Å². The number of thioether (sulfide) groups is 1. The number of amides is 3. The lowest BCUT2D eigenvalue weighted by atomic mass is 10.2. The molecule has 0 aromatic rings. The van der Waals surface area contributed by atoms with Gasteiger partial charge in [-0.2, -0.15) is 11.8 Å². The Hall–Kier alpha value is -1.77. The first-order chi connectivity index (χ1) is 11.3. The molecule has 0 spiro atoms. The summed E-state index contributed by atoms with van der Waals surface area (Å²) in [5.41, 5.74) is -0.726. The SMILES string of the molecule is CC(C)(C)OC(=O)NC(CSC(C)(C)C)C(=O)ON1C(=O)CCC1=O. The van der Waals surface area contributed by atoms with Gasteiger partial charge < -0.3 is 14.9 Å². The predicted octanol–water partition coefficient (Wildman–Crippen LogP) is 2.02. The lowest BCUT2D eigenvalue weighted by Gasteiger charge is -2.25. The van der Waals surface area contributed by atoms with Crippen LogP contribution >= 0.6 is 11.8 Å². The first-order valence-electron chi connectivity index (χ1n) is 7.99. The third-order valence-electron chi connectivity index (χ3n) is 2.85. The number of rotatable bonds is 5. The number of hydrogen-bond acceptors (Lipinski definition) is 7. The largest absolute Gasteiger partial charge is 0.444 e. The van der Waals surface area contributed by atoms with E-state index in [2.05, 4.69) is 5.32 Å². The Morgan fingerprint density at radius 2 is 1.64 bits per heavy atom. The Labute approximate surface area is 151 Å². The molecule has 1 atom stereocenters. The Bertz CT molecular complexity index is 534. The monoisotopic (exact) mass is 374 g/mol. The van der Waals surface area contributed by atoms with Gasteiger partial charge in [-0.1, -0.05) is 20.8 Å². The van der Waals surface area contributed by atoms with Crippen LogP contribution in [0.15, 0.2) is 0 Å². The number of nitrogens with one attached hydrogen (secondary N) is 1. The Morgan fingerprint density at radius 1 is 1.12 bits per heavy atom. The number of imide groups is 1. The van der Waals surface area contributed by atoms with Crippen molar-refractivity contribution in [3.8, 4) is 0 Å². The quantitative estimate of drug-likeness (QED) is 0.735. The molecule has 0 saturated carbocycles. The molecule has 9 heteroatoms. The second kappa shape index (κ2) is 8.07. The number of ether oxygens (including phenoxy) is 1. The molecule has 1 saturated heterocycles. The van der Waals surface area contributed by atoms with Crippen molar-refractivity contribution in [1.82, 2.24) is 10.4 Å². The van der Waals surface area contributed by atoms with Gasteiger partial charge in [0.05, 0.1) is 0 Å². The van der Waals surface area contributed by atoms with Crippen LogP contribution in [-0.4, -0.2) is 51.1 Å². The van der Waals surface area contributed by atoms with Crippen LogP contribution in [0.3, 0.4) is 0 Å². The Morgan fingerprint density at radius 3 is 2.08 bits per heavy atom. The second-order valence-corrected chi connectivity index (χ2v) is 9.46. The first kappa shape index (κ1) is 21.3. The molecule has 1 aliphatic rings. The first-order valence-corrected chi connectivity index (χ1v) is 8.98. The van der Waals surface area contributed by atoms with Crippen LogP contribution in [0, 0.1) is 0 Å². The standard InChI is InChI=1S/C16H26N2O6S/c1-15(2,3)23-14(22)17-10(9-25-16(4,5)6)13(21)24-18-11(19)7-8-12(18)20/h10H,7-9H2,1-6H3,(H,17,22). The third kappa shape index (κ3) is 7.76. The molecule has 1 heterocycles. The zero-order valence-electron chi connectivity index (χ0n) is 15.5. The number of carbonyl (C=O) groups is 4. The van der Waals surface area contributed by atoms with E-state index in [0.717, 1.165) is 0 Å². The fourth-order valence-corrected chi connectivity index (χ4v) is 2.65. The van der Waals surface area contributed by atoms with Gasteiger partial charge in [-0.05, 0) is 20.8 Å². The van der Waals surface area contributed by atoms with Crippen LogP contribution in [0.1, 0.15) is 54.4 Å². The summed E-state index contributed by atoms with van der Waals surface area (Å²) in [6.45, 7) is 11.0. The summed E-state index contributed by atoms with van der Waals surface area (Å²) in [5.74, 6) is -1.82. The van der Waals surface area contributed by atoms with Crippen molar-refractivity contribution in [3.63, 3.8) is 0 Å². The smallest absolute Gasteiger partial charge is 0.408 e. The van der Waals surface area contributed by atoms with E-state index in [9.17, 15) is 19.2 Å². The molecule has 3 amide bonds. The highest BCUT2D eigenvalue weighted by Crippen LogP contribution is 2.24. The number of hydrogen-bond donors (Lipinski definition) is 1. The van der Waals surface area contributed by atoms with Gasteiger partial charge in [0.15, 0.2) is 0 Å². The highest BCUT2D eigenvalue weighted by Gasteiger charge is 2.36. The van der Waals surface area contributed by atoms with E-state index in [4.69, 9.17) is 9.57 Å². The average Bonchev–Trinajstić information content (AvgIpc) is 2.72. The molecule has 1 aliphatic heterocycles. The average molecular weight is 374 g/mol. The summed E-state index contributed by atoms with van der Waals surface area (Å²) in [4.78, 5) is 52.4. The van der Waals surface area contributed by atoms with E-state index in [-0.39, 0.29) is 23.3 Å². The molecule has 0 radical (unpaired) electrons. The fraction of sp³-hybridized carbons (Fsp3) is 0.750. The molecule has 0 aromatic carbocycles. The van der Waals surface area contributed by atoms with Crippen LogP contribution in [0.4, 0.5) is 4.79 Å². The minimum atomic E-state index is -1.06. The molecule has 0 aliphatic carbocycles. The molecule has 0 bridgehead atoms.